The van der Waals surface area contributed by atoms with Crippen LogP contribution in [0.5, 0.6) is 0 Å². The number of aromatic nitrogens is 3. The smallest absolute Gasteiger partial charge is 0.411 e. The number of carbonyl (C=O) groups is 5. The summed E-state index contributed by atoms with van der Waals surface area (Å²) >= 11 is 0. The Hall–Kier alpha value is -6.51. The van der Waals surface area contributed by atoms with Gasteiger partial charge in [-0.05, 0) is 158 Å². The maximum atomic E-state index is 14.6. The molecule has 2 aliphatic carbocycles. The fourth-order valence-corrected chi connectivity index (χ4v) is 8.80. The number of alkyl halides is 6. The largest absolute Gasteiger partial charge is 0.477 e. The van der Waals surface area contributed by atoms with Crippen LogP contribution in [0.3, 0.4) is 0 Å². The first-order valence-corrected chi connectivity index (χ1v) is 23.4. The van der Waals surface area contributed by atoms with E-state index in [0.29, 0.717) is 49.4 Å². The summed E-state index contributed by atoms with van der Waals surface area (Å²) in [7, 11) is 4.14. The molecule has 71 heavy (non-hydrogen) atoms. The van der Waals surface area contributed by atoms with Gasteiger partial charge in [0.2, 0.25) is 17.6 Å². The van der Waals surface area contributed by atoms with Crippen LogP contribution in [0.1, 0.15) is 99.4 Å². The molecule has 384 valence electrons. The lowest BCUT2D eigenvalue weighted by molar-refractivity contribution is -0.311. The van der Waals surface area contributed by atoms with E-state index >= 15 is 0 Å². The first-order chi connectivity index (χ1) is 33.2. The number of nitrogens with zero attached hydrogens (tertiary/aromatic N) is 3. The molecule has 1 aromatic heterocycles. The number of carboxylic acid groups (broad SMARTS) is 1. The third kappa shape index (κ3) is 13.1. The average Bonchev–Trinajstić information content (AvgIpc) is 3.82. The Morgan fingerprint density at radius 3 is 2.03 bits per heavy atom. The molecule has 21 heteroatoms. The summed E-state index contributed by atoms with van der Waals surface area (Å²) < 4.78 is 90.1. The summed E-state index contributed by atoms with van der Waals surface area (Å²) in [6, 6.07) is 17.6. The molecule has 0 saturated heterocycles. The minimum Gasteiger partial charge on any atom is -0.477 e. The molecule has 0 radical (unpaired) electrons. The molecule has 2 fully saturated rings. The molecule has 1 atom stereocenters. The van der Waals surface area contributed by atoms with Crippen molar-refractivity contribution in [3.63, 3.8) is 0 Å². The Morgan fingerprint density at radius 2 is 1.45 bits per heavy atom. The van der Waals surface area contributed by atoms with Gasteiger partial charge < -0.3 is 36.0 Å². The van der Waals surface area contributed by atoms with Gasteiger partial charge in [-0.1, -0.05) is 30.3 Å². The number of carbonyl (C=O) groups excluding carboxylic acids is 4. The Bertz CT molecular complexity index is 2530. The zero-order valence-electron chi connectivity index (χ0n) is 40.3. The number of aryl methyl sites for hydroxylation is 1. The molecule has 2 aliphatic rings. The molecule has 1 heterocycles. The second kappa shape index (κ2) is 21.9. The van der Waals surface area contributed by atoms with E-state index in [2.05, 4.69) is 50.3 Å². The molecule has 1 unspecified atom stereocenters. The summed E-state index contributed by atoms with van der Waals surface area (Å²) in [6.45, 7) is 7.60. The molecule has 0 spiro atoms. The van der Waals surface area contributed by atoms with Gasteiger partial charge in [0.25, 0.3) is 5.91 Å². The summed E-state index contributed by atoms with van der Waals surface area (Å²) in [5.41, 5.74) is 3.34. The molecule has 6 rings (SSSR count). The number of alkyl carbamates (subject to hydrolysis) is 1. The molecule has 0 bridgehead atoms. The van der Waals surface area contributed by atoms with Crippen molar-refractivity contribution in [2.24, 2.45) is 11.8 Å². The maximum absolute atomic E-state index is 14.6. The van der Waals surface area contributed by atoms with E-state index in [1.54, 1.807) is 26.8 Å². The lowest BCUT2D eigenvalue weighted by Gasteiger charge is -2.33. The van der Waals surface area contributed by atoms with Crippen LogP contribution in [-0.4, -0.2) is 111 Å². The number of ether oxygens (including phenoxy) is 1. The van der Waals surface area contributed by atoms with E-state index in [0.717, 1.165) is 42.4 Å². The summed E-state index contributed by atoms with van der Waals surface area (Å²) in [6.07, 6.45) is 5.69. The number of anilines is 1. The number of carboxylic acids is 1. The lowest BCUT2D eigenvalue weighted by atomic mass is 9.81. The molecule has 2 saturated carbocycles. The number of hydrogen-bond donors (Lipinski definition) is 6. The Morgan fingerprint density at radius 1 is 0.831 bits per heavy atom. The van der Waals surface area contributed by atoms with Crippen LogP contribution in [0.2, 0.25) is 0 Å². The number of aromatic amines is 1. The summed E-state index contributed by atoms with van der Waals surface area (Å²) in [5, 5.41) is 25.0. The van der Waals surface area contributed by atoms with Crippen LogP contribution in [0.15, 0.2) is 66.7 Å². The second-order valence-corrected chi connectivity index (χ2v) is 19.6. The maximum Gasteiger partial charge on any atom is 0.411 e. The Labute approximate surface area is 407 Å². The fraction of sp³-hybridized carbons (Fsp3) is 0.500. The highest BCUT2D eigenvalue weighted by molar-refractivity contribution is 5.98. The fourth-order valence-electron chi connectivity index (χ4n) is 8.80. The third-order valence-electron chi connectivity index (χ3n) is 13.0. The lowest BCUT2D eigenvalue weighted by Crippen LogP contribution is -2.56. The van der Waals surface area contributed by atoms with Crippen molar-refractivity contribution in [3.05, 3.63) is 89.2 Å². The van der Waals surface area contributed by atoms with Crippen molar-refractivity contribution in [2.75, 3.05) is 26.0 Å². The van der Waals surface area contributed by atoms with Gasteiger partial charge in [-0.2, -0.15) is 31.4 Å². The summed E-state index contributed by atoms with van der Waals surface area (Å²) in [5.74, 6) is -25.8. The van der Waals surface area contributed by atoms with E-state index in [1.807, 2.05) is 43.3 Å². The number of halogens is 6. The van der Waals surface area contributed by atoms with Gasteiger partial charge in [-0.25, -0.2) is 14.6 Å². The minimum atomic E-state index is -6.39. The monoisotopic (exact) mass is 998 g/mol. The number of nitrogens with one attached hydrogen (secondary N) is 5. The van der Waals surface area contributed by atoms with Crippen molar-refractivity contribution in [1.29, 1.82) is 0 Å². The topological polar surface area (TPSA) is 208 Å². The SMILES string of the molecule is Cc1cc(C(=O)NC2CCC(N(C)C)CC2)ccc1-c1ccc(CC(NC(=O)C2CCC(CNC(=O)OC(C)(C)C)CC2)C(=O)Nc2ccc(-c3n[nH]c(C(F)(F)C(F)(F)C(F)(F)C(=O)O)n3)cc2)cc1. The molecule has 15 nitrogen and oxygen atoms in total. The summed E-state index contributed by atoms with van der Waals surface area (Å²) in [4.78, 5) is 69.4. The van der Waals surface area contributed by atoms with E-state index in [-0.39, 0.29) is 41.4 Å². The van der Waals surface area contributed by atoms with Crippen molar-refractivity contribution in [2.45, 2.75) is 127 Å². The van der Waals surface area contributed by atoms with Gasteiger partial charge in [-0.15, -0.1) is 0 Å². The van der Waals surface area contributed by atoms with Gasteiger partial charge in [-0.3, -0.25) is 19.5 Å². The quantitative estimate of drug-likeness (QED) is 0.0556. The number of hydrogen-bond acceptors (Lipinski definition) is 9. The minimum absolute atomic E-state index is 0.0549. The molecular weight excluding hydrogens is 939 g/mol. The first kappa shape index (κ1) is 53.8. The van der Waals surface area contributed by atoms with Crippen molar-refractivity contribution < 1.29 is 60.2 Å². The highest BCUT2D eigenvalue weighted by Crippen LogP contribution is 2.50. The van der Waals surface area contributed by atoms with Gasteiger partial charge in [0.05, 0.1) is 0 Å². The van der Waals surface area contributed by atoms with Crippen LogP contribution in [0.4, 0.5) is 36.8 Å². The van der Waals surface area contributed by atoms with Crippen LogP contribution in [-0.2, 0) is 31.5 Å². The van der Waals surface area contributed by atoms with Crippen molar-refractivity contribution in [3.8, 4) is 22.5 Å². The van der Waals surface area contributed by atoms with Gasteiger partial charge in [0.15, 0.2) is 5.82 Å². The van der Waals surface area contributed by atoms with Crippen molar-refractivity contribution >= 4 is 35.5 Å². The van der Waals surface area contributed by atoms with Gasteiger partial charge in [0.1, 0.15) is 11.6 Å². The van der Waals surface area contributed by atoms with E-state index < -0.39 is 64.9 Å². The van der Waals surface area contributed by atoms with E-state index in [4.69, 9.17) is 9.84 Å². The number of benzene rings is 3. The zero-order chi connectivity index (χ0) is 52.1. The van der Waals surface area contributed by atoms with E-state index in [1.165, 1.54) is 29.4 Å². The second-order valence-electron chi connectivity index (χ2n) is 19.6. The normalized spacial score (nSPS) is 19.3. The van der Waals surface area contributed by atoms with Gasteiger partial charge in [0, 0.05) is 47.8 Å². The van der Waals surface area contributed by atoms with Crippen LogP contribution in [0.25, 0.3) is 22.5 Å². The number of H-pyrrole nitrogens is 1. The zero-order valence-corrected chi connectivity index (χ0v) is 40.3. The first-order valence-electron chi connectivity index (χ1n) is 23.4. The van der Waals surface area contributed by atoms with Crippen molar-refractivity contribution in [1.82, 2.24) is 36.0 Å². The third-order valence-corrected chi connectivity index (χ3v) is 13.0. The number of aliphatic carboxylic acids is 1. The number of amides is 4. The van der Waals surface area contributed by atoms with Gasteiger partial charge >= 0.3 is 29.8 Å². The predicted octanol–water partition coefficient (Wildman–Crippen LogP) is 8.49. The van der Waals surface area contributed by atoms with Crippen LogP contribution >= 0.6 is 0 Å². The molecule has 4 aromatic rings. The highest BCUT2D eigenvalue weighted by atomic mass is 19.3. The standard InChI is InChI=1S/C50H60F6N8O7/c1-28-25-34(42(66)58-36-20-22-37(23-21-36)64(5)6)17-24-38(28)31-11-7-29(8-12-31)26-39(60-41(65)33-13-9-30(10-14-33)27-57-46(70)71-47(2,3)4)43(67)59-35-18-15-32(16-19-35)40-61-44(63-62-40)48(51,52)50(55,56)49(53,54)45(68)69/h7-8,11-12,15-19,24-25,30,33,36-37,39H,9-10,13-14,20-23,26-27H2,1-6H3,(H,57,70)(H,58,66)(H,59,67)(H,60,65)(H,68,69)(H,61,62,63). The molecule has 4 amide bonds. The van der Waals surface area contributed by atoms with Crippen LogP contribution in [0, 0.1) is 18.8 Å². The Balaban J connectivity index is 1.14. The Kier molecular flexibility index (Phi) is 16.6. The average molecular weight is 999 g/mol. The molecule has 0 aliphatic heterocycles. The number of rotatable bonds is 17. The molecule has 6 N–H and O–H groups in total. The molecular formula is C50H60F6N8O7. The predicted molar refractivity (Wildman–Crippen MR) is 251 cm³/mol. The van der Waals surface area contributed by atoms with E-state index in [9.17, 15) is 50.3 Å². The molecule has 3 aromatic carbocycles. The van der Waals surface area contributed by atoms with Crippen LogP contribution < -0.4 is 21.3 Å². The highest BCUT2D eigenvalue weighted by Gasteiger charge is 2.77.